The molecule has 24 heavy (non-hydrogen) atoms. The standard InChI is InChI=1S/C15H17F3N4O2/c1-7-13(9(3)24-21-7)19-14(23)8(2)22-11(10-4-5-10)6-12(20-22)15(16,17)18/h6,8,10H,4-5H2,1-3H3,(H,19,23). The van der Waals surface area contributed by atoms with E-state index in [9.17, 15) is 18.0 Å². The summed E-state index contributed by atoms with van der Waals surface area (Å²) in [6.45, 7) is 4.83. The maximum absolute atomic E-state index is 12.9. The average Bonchev–Trinajstić information content (AvgIpc) is 3.17. The van der Waals surface area contributed by atoms with Crippen LogP contribution in [0.1, 0.15) is 54.6 Å². The van der Waals surface area contributed by atoms with Crippen molar-refractivity contribution in [1.82, 2.24) is 14.9 Å². The topological polar surface area (TPSA) is 73.0 Å². The molecular weight excluding hydrogens is 325 g/mol. The first kappa shape index (κ1) is 16.5. The molecule has 2 aromatic heterocycles. The molecule has 1 amide bonds. The Hall–Kier alpha value is -2.32. The predicted molar refractivity (Wildman–Crippen MR) is 78.5 cm³/mol. The number of anilines is 1. The van der Waals surface area contributed by atoms with E-state index in [4.69, 9.17) is 4.52 Å². The van der Waals surface area contributed by atoms with E-state index in [1.165, 1.54) is 11.6 Å². The second-order valence-electron chi connectivity index (χ2n) is 6.04. The third-order valence-corrected chi connectivity index (χ3v) is 4.08. The van der Waals surface area contributed by atoms with Crippen LogP contribution in [0.5, 0.6) is 0 Å². The number of aromatic nitrogens is 3. The predicted octanol–water partition coefficient (Wildman–Crippen LogP) is 3.58. The number of amides is 1. The highest BCUT2D eigenvalue weighted by Gasteiger charge is 2.39. The van der Waals surface area contributed by atoms with Crippen molar-refractivity contribution in [3.05, 3.63) is 28.9 Å². The number of hydrogen-bond acceptors (Lipinski definition) is 4. The van der Waals surface area contributed by atoms with Gasteiger partial charge >= 0.3 is 6.18 Å². The molecule has 0 aromatic carbocycles. The Morgan fingerprint density at radius 2 is 2.08 bits per heavy atom. The van der Waals surface area contributed by atoms with E-state index in [1.54, 1.807) is 13.8 Å². The van der Waals surface area contributed by atoms with E-state index in [0.29, 0.717) is 22.8 Å². The van der Waals surface area contributed by atoms with E-state index in [1.807, 2.05) is 0 Å². The number of rotatable bonds is 4. The lowest BCUT2D eigenvalue weighted by atomic mass is 10.2. The molecule has 1 atom stereocenters. The molecule has 9 heteroatoms. The van der Waals surface area contributed by atoms with Crippen LogP contribution in [0.15, 0.2) is 10.6 Å². The lowest BCUT2D eigenvalue weighted by Gasteiger charge is -2.15. The summed E-state index contributed by atoms with van der Waals surface area (Å²) < 4.78 is 45.0. The highest BCUT2D eigenvalue weighted by atomic mass is 19.4. The van der Waals surface area contributed by atoms with Crippen LogP contribution in [0.3, 0.4) is 0 Å². The van der Waals surface area contributed by atoms with Gasteiger partial charge in [0.05, 0.1) is 0 Å². The van der Waals surface area contributed by atoms with Gasteiger partial charge in [0.2, 0.25) is 5.91 Å². The lowest BCUT2D eigenvalue weighted by molar-refractivity contribution is -0.141. The molecule has 3 rings (SSSR count). The number of carbonyl (C=O) groups excluding carboxylic acids is 1. The molecular formula is C15H17F3N4O2. The first-order chi connectivity index (χ1) is 11.2. The van der Waals surface area contributed by atoms with Crippen LogP contribution in [0.4, 0.5) is 18.9 Å². The highest BCUT2D eigenvalue weighted by molar-refractivity contribution is 5.94. The van der Waals surface area contributed by atoms with Gasteiger partial charge in [-0.2, -0.15) is 18.3 Å². The number of carbonyl (C=O) groups is 1. The van der Waals surface area contributed by atoms with Crippen molar-refractivity contribution in [2.75, 3.05) is 5.32 Å². The summed E-state index contributed by atoms with van der Waals surface area (Å²) in [6, 6.07) is 0.155. The van der Waals surface area contributed by atoms with Gasteiger partial charge in [0.1, 0.15) is 17.4 Å². The minimum absolute atomic E-state index is 0.0305. The van der Waals surface area contributed by atoms with Crippen molar-refractivity contribution in [3.63, 3.8) is 0 Å². The molecule has 0 bridgehead atoms. The molecule has 0 aliphatic heterocycles. The largest absolute Gasteiger partial charge is 0.435 e. The summed E-state index contributed by atoms with van der Waals surface area (Å²) in [5.41, 5.74) is 0.417. The zero-order chi connectivity index (χ0) is 17.6. The fraction of sp³-hybridized carbons (Fsp3) is 0.533. The fourth-order valence-corrected chi connectivity index (χ4v) is 2.54. The zero-order valence-corrected chi connectivity index (χ0v) is 13.4. The normalized spacial score (nSPS) is 16.2. The van der Waals surface area contributed by atoms with Gasteiger partial charge < -0.3 is 9.84 Å². The molecule has 2 aromatic rings. The van der Waals surface area contributed by atoms with Gasteiger partial charge in [-0.25, -0.2) is 0 Å². The van der Waals surface area contributed by atoms with Crippen LogP contribution in [-0.2, 0) is 11.0 Å². The Morgan fingerprint density at radius 1 is 1.42 bits per heavy atom. The van der Waals surface area contributed by atoms with Crippen molar-refractivity contribution >= 4 is 11.6 Å². The third-order valence-electron chi connectivity index (χ3n) is 4.08. The lowest BCUT2D eigenvalue weighted by Crippen LogP contribution is -2.26. The molecule has 130 valence electrons. The first-order valence-electron chi connectivity index (χ1n) is 7.59. The van der Waals surface area contributed by atoms with E-state index in [0.717, 1.165) is 18.9 Å². The quantitative estimate of drug-likeness (QED) is 0.922. The summed E-state index contributed by atoms with van der Waals surface area (Å²) in [7, 11) is 0. The van der Waals surface area contributed by atoms with Gasteiger partial charge in [0, 0.05) is 11.6 Å². The highest BCUT2D eigenvalue weighted by Crippen LogP contribution is 2.43. The van der Waals surface area contributed by atoms with Crippen molar-refractivity contribution in [2.24, 2.45) is 0 Å². The van der Waals surface area contributed by atoms with Crippen LogP contribution in [0.2, 0.25) is 0 Å². The van der Waals surface area contributed by atoms with Crippen LogP contribution < -0.4 is 5.32 Å². The van der Waals surface area contributed by atoms with Crippen molar-refractivity contribution in [3.8, 4) is 0 Å². The molecule has 1 N–H and O–H groups in total. The first-order valence-corrected chi connectivity index (χ1v) is 7.59. The van der Waals surface area contributed by atoms with Gasteiger partial charge in [0.25, 0.3) is 0 Å². The Kier molecular flexibility index (Phi) is 3.89. The number of halogens is 3. The Labute approximate surface area is 136 Å². The van der Waals surface area contributed by atoms with Gasteiger partial charge in [-0.3, -0.25) is 9.48 Å². The molecule has 1 fully saturated rings. The van der Waals surface area contributed by atoms with Crippen molar-refractivity contribution < 1.29 is 22.5 Å². The molecule has 1 aliphatic carbocycles. The zero-order valence-electron chi connectivity index (χ0n) is 13.4. The minimum atomic E-state index is -4.53. The van der Waals surface area contributed by atoms with Crippen LogP contribution in [0, 0.1) is 13.8 Å². The minimum Gasteiger partial charge on any atom is -0.359 e. The molecule has 2 heterocycles. The Morgan fingerprint density at radius 3 is 2.58 bits per heavy atom. The molecule has 0 saturated heterocycles. The average molecular weight is 342 g/mol. The summed E-state index contributed by atoms with van der Waals surface area (Å²) >= 11 is 0. The second kappa shape index (κ2) is 5.64. The second-order valence-corrected chi connectivity index (χ2v) is 6.04. The fourth-order valence-electron chi connectivity index (χ4n) is 2.54. The summed E-state index contributed by atoms with van der Waals surface area (Å²) in [4.78, 5) is 12.4. The smallest absolute Gasteiger partial charge is 0.359 e. The van der Waals surface area contributed by atoms with E-state index >= 15 is 0 Å². The van der Waals surface area contributed by atoms with Crippen LogP contribution in [0.25, 0.3) is 0 Å². The van der Waals surface area contributed by atoms with Crippen LogP contribution >= 0.6 is 0 Å². The van der Waals surface area contributed by atoms with Gasteiger partial charge in [-0.15, -0.1) is 0 Å². The van der Waals surface area contributed by atoms with Gasteiger partial charge in [0.15, 0.2) is 11.5 Å². The summed E-state index contributed by atoms with van der Waals surface area (Å²) in [5, 5.41) is 10.0. The molecule has 6 nitrogen and oxygen atoms in total. The molecule has 1 saturated carbocycles. The molecule has 0 radical (unpaired) electrons. The van der Waals surface area contributed by atoms with E-state index < -0.39 is 23.8 Å². The third kappa shape index (κ3) is 3.02. The Bertz CT molecular complexity index is 755. The number of nitrogens with zero attached hydrogens (tertiary/aromatic N) is 3. The van der Waals surface area contributed by atoms with Gasteiger partial charge in [-0.1, -0.05) is 5.16 Å². The molecule has 1 aliphatic rings. The SMILES string of the molecule is Cc1noc(C)c1NC(=O)C(C)n1nc(C(F)(F)F)cc1C1CC1. The molecule has 1 unspecified atom stereocenters. The number of aryl methyl sites for hydroxylation is 2. The number of hydrogen-bond donors (Lipinski definition) is 1. The number of alkyl halides is 3. The van der Waals surface area contributed by atoms with E-state index in [2.05, 4.69) is 15.6 Å². The molecule has 0 spiro atoms. The summed E-state index contributed by atoms with van der Waals surface area (Å²) in [6.07, 6.45) is -2.92. The number of nitrogens with one attached hydrogen (secondary N) is 1. The monoisotopic (exact) mass is 342 g/mol. The van der Waals surface area contributed by atoms with E-state index in [-0.39, 0.29) is 5.92 Å². The van der Waals surface area contributed by atoms with Crippen LogP contribution in [-0.4, -0.2) is 20.8 Å². The van der Waals surface area contributed by atoms with Gasteiger partial charge in [-0.05, 0) is 39.7 Å². The Balaban J connectivity index is 1.87. The van der Waals surface area contributed by atoms with Crippen molar-refractivity contribution in [2.45, 2.75) is 51.7 Å². The maximum Gasteiger partial charge on any atom is 0.435 e. The maximum atomic E-state index is 12.9. The van der Waals surface area contributed by atoms with Crippen molar-refractivity contribution in [1.29, 1.82) is 0 Å². The summed E-state index contributed by atoms with van der Waals surface area (Å²) in [5.74, 6) is -0.00190.